The molecule has 0 bridgehead atoms. The maximum atomic E-state index is 14.3. The van der Waals surface area contributed by atoms with Crippen LogP contribution in [0.25, 0.3) is 6.08 Å². The molecular weight excluding hydrogens is 472 g/mol. The third kappa shape index (κ3) is 3.33. The number of rotatable bonds is 6. The number of thioether (sulfide) groups is 1. The topological polar surface area (TPSA) is 79.6 Å². The van der Waals surface area contributed by atoms with Gasteiger partial charge in [0.15, 0.2) is 11.0 Å². The summed E-state index contributed by atoms with van der Waals surface area (Å²) >= 11 is 1.40. The average Bonchev–Trinajstić information content (AvgIpc) is 3.17. The van der Waals surface area contributed by atoms with Crippen molar-refractivity contribution < 1.29 is 19.1 Å². The Labute approximate surface area is 214 Å². The minimum atomic E-state index is -1.65. The molecule has 1 saturated heterocycles. The van der Waals surface area contributed by atoms with Crippen LogP contribution >= 0.6 is 11.8 Å². The molecule has 1 fully saturated rings. The van der Waals surface area contributed by atoms with Gasteiger partial charge in [-0.1, -0.05) is 54.6 Å². The fourth-order valence-electron chi connectivity index (χ4n) is 5.41. The van der Waals surface area contributed by atoms with Crippen LogP contribution in [0.1, 0.15) is 22.6 Å². The zero-order valence-electron chi connectivity index (χ0n) is 19.9. The van der Waals surface area contributed by atoms with Crippen LogP contribution in [0, 0.1) is 16.7 Å². The Balaban J connectivity index is 1.78. The number of hydrogen-bond donors (Lipinski definition) is 0. The molecule has 2 aliphatic rings. The summed E-state index contributed by atoms with van der Waals surface area (Å²) in [4.78, 5) is 30.4. The van der Waals surface area contributed by atoms with E-state index < -0.39 is 28.7 Å². The SMILES string of the molecule is COC(=O)[C@]1(CSc2ccccc2)C(=O)N2C=Cc3ccccc3[C@@]2(C#N)[C@@H]1c1ccc(OC)cc1. The monoisotopic (exact) mass is 496 g/mol. The van der Waals surface area contributed by atoms with Gasteiger partial charge in [-0.05, 0) is 41.5 Å². The number of carbonyl (C=O) groups excluding carboxylic acids is 2. The van der Waals surface area contributed by atoms with Gasteiger partial charge in [0.05, 0.1) is 26.2 Å². The zero-order chi connectivity index (χ0) is 25.3. The standard InChI is InChI=1S/C29H24N2O4S/c1-34-22-14-12-21(13-15-22)25-28(27(33)35-2,19-36-23-9-4-3-5-10-23)26(32)31-17-16-20-8-6-7-11-24(20)29(25,31)18-30/h3-17,25H,19H2,1-2H3/t25-,28+,29+/m1/s1. The molecule has 0 saturated carbocycles. The van der Waals surface area contributed by atoms with Gasteiger partial charge >= 0.3 is 5.97 Å². The summed E-state index contributed by atoms with van der Waals surface area (Å²) in [5, 5.41) is 10.9. The van der Waals surface area contributed by atoms with E-state index in [1.807, 2.05) is 72.8 Å². The van der Waals surface area contributed by atoms with Crippen molar-refractivity contribution in [2.75, 3.05) is 20.0 Å². The van der Waals surface area contributed by atoms with Gasteiger partial charge in [0.2, 0.25) is 5.91 Å². The molecule has 3 aromatic carbocycles. The second-order valence-corrected chi connectivity index (χ2v) is 9.78. The highest BCUT2D eigenvalue weighted by atomic mass is 32.2. The zero-order valence-corrected chi connectivity index (χ0v) is 20.7. The lowest BCUT2D eigenvalue weighted by molar-refractivity contribution is -0.157. The highest BCUT2D eigenvalue weighted by Crippen LogP contribution is 2.62. The molecule has 180 valence electrons. The van der Waals surface area contributed by atoms with Gasteiger partial charge in [-0.15, -0.1) is 11.8 Å². The molecule has 0 N–H and O–H groups in total. The number of methoxy groups -OCH3 is 2. The van der Waals surface area contributed by atoms with Crippen molar-refractivity contribution in [3.05, 3.63) is 102 Å². The van der Waals surface area contributed by atoms with E-state index in [0.29, 0.717) is 16.9 Å². The fourth-order valence-corrected chi connectivity index (χ4v) is 6.57. The smallest absolute Gasteiger partial charge is 0.323 e. The lowest BCUT2D eigenvalue weighted by atomic mass is 9.64. The first-order chi connectivity index (χ1) is 17.5. The molecule has 0 unspecified atom stereocenters. The Bertz CT molecular complexity index is 1380. The van der Waals surface area contributed by atoms with Gasteiger partial charge in [0, 0.05) is 22.4 Å². The van der Waals surface area contributed by atoms with Crippen LogP contribution in [0.5, 0.6) is 5.75 Å². The van der Waals surface area contributed by atoms with Crippen molar-refractivity contribution in [3.8, 4) is 11.8 Å². The molecule has 0 spiro atoms. The third-order valence-electron chi connectivity index (χ3n) is 7.04. The Morgan fingerprint density at radius 1 is 1.03 bits per heavy atom. The Morgan fingerprint density at radius 3 is 2.39 bits per heavy atom. The van der Waals surface area contributed by atoms with Gasteiger partial charge in [0.1, 0.15) is 5.75 Å². The van der Waals surface area contributed by atoms with Crippen LogP contribution in [0.15, 0.2) is 90.0 Å². The molecule has 5 rings (SSSR count). The molecular formula is C29H24N2O4S. The summed E-state index contributed by atoms with van der Waals surface area (Å²) in [6.45, 7) is 0. The summed E-state index contributed by atoms with van der Waals surface area (Å²) < 4.78 is 10.7. The Kier molecular flexibility index (Phi) is 6.07. The number of esters is 1. The number of nitrogens with zero attached hydrogens (tertiary/aromatic N) is 2. The predicted octanol–water partition coefficient (Wildman–Crippen LogP) is 4.98. The van der Waals surface area contributed by atoms with E-state index in [1.54, 1.807) is 25.4 Å². The van der Waals surface area contributed by atoms with Crippen LogP contribution in [-0.4, -0.2) is 36.7 Å². The molecule has 1 amide bonds. The normalized spacial score (nSPS) is 24.0. The van der Waals surface area contributed by atoms with Crippen LogP contribution < -0.4 is 4.74 Å². The van der Waals surface area contributed by atoms with Gasteiger partial charge in [-0.2, -0.15) is 5.26 Å². The molecule has 2 aliphatic heterocycles. The molecule has 0 aromatic heterocycles. The Morgan fingerprint density at radius 2 is 1.72 bits per heavy atom. The molecule has 3 aromatic rings. The van der Waals surface area contributed by atoms with Crippen molar-refractivity contribution in [1.82, 2.24) is 4.90 Å². The van der Waals surface area contributed by atoms with Gasteiger partial charge in [-0.25, -0.2) is 0 Å². The van der Waals surface area contributed by atoms with E-state index in [-0.39, 0.29) is 5.75 Å². The largest absolute Gasteiger partial charge is 0.497 e. The molecule has 3 atom stereocenters. The van der Waals surface area contributed by atoms with E-state index in [1.165, 1.54) is 23.8 Å². The number of nitriles is 1. The minimum Gasteiger partial charge on any atom is -0.497 e. The first-order valence-electron chi connectivity index (χ1n) is 11.5. The van der Waals surface area contributed by atoms with Gasteiger partial charge in [0.25, 0.3) is 0 Å². The second-order valence-electron chi connectivity index (χ2n) is 8.73. The van der Waals surface area contributed by atoms with E-state index in [2.05, 4.69) is 6.07 Å². The molecule has 6 nitrogen and oxygen atoms in total. The first-order valence-corrected chi connectivity index (χ1v) is 12.4. The van der Waals surface area contributed by atoms with Crippen LogP contribution in [-0.2, 0) is 19.9 Å². The lowest BCUT2D eigenvalue weighted by Gasteiger charge is -2.40. The van der Waals surface area contributed by atoms with Crippen molar-refractivity contribution in [3.63, 3.8) is 0 Å². The summed E-state index contributed by atoms with van der Waals surface area (Å²) in [6.07, 6.45) is 3.44. The van der Waals surface area contributed by atoms with Crippen molar-refractivity contribution in [2.24, 2.45) is 5.41 Å². The second kappa shape index (κ2) is 9.21. The summed E-state index contributed by atoms with van der Waals surface area (Å²) in [6, 6.07) is 26.8. The Hall–Kier alpha value is -4.02. The fraction of sp³-hybridized carbons (Fsp3) is 0.207. The number of hydrogen-bond acceptors (Lipinski definition) is 6. The first kappa shape index (κ1) is 23.7. The number of ether oxygens (including phenoxy) is 2. The highest BCUT2D eigenvalue weighted by Gasteiger charge is 2.72. The van der Waals surface area contributed by atoms with Crippen molar-refractivity contribution in [1.29, 1.82) is 5.26 Å². The average molecular weight is 497 g/mol. The van der Waals surface area contributed by atoms with Gasteiger partial charge in [-0.3, -0.25) is 14.5 Å². The highest BCUT2D eigenvalue weighted by molar-refractivity contribution is 7.99. The molecule has 2 heterocycles. The molecule has 0 radical (unpaired) electrons. The van der Waals surface area contributed by atoms with E-state index >= 15 is 0 Å². The molecule has 36 heavy (non-hydrogen) atoms. The number of benzene rings is 3. The third-order valence-corrected chi connectivity index (χ3v) is 8.25. The lowest BCUT2D eigenvalue weighted by Crippen LogP contribution is -2.46. The summed E-state index contributed by atoms with van der Waals surface area (Å²) in [5.41, 5.74) is -0.904. The predicted molar refractivity (Wildman–Crippen MR) is 137 cm³/mol. The van der Waals surface area contributed by atoms with Crippen LogP contribution in [0.3, 0.4) is 0 Å². The number of carbonyl (C=O) groups is 2. The maximum Gasteiger partial charge on any atom is 0.323 e. The molecule has 7 heteroatoms. The van der Waals surface area contributed by atoms with Crippen molar-refractivity contribution >= 4 is 29.7 Å². The number of amides is 1. The van der Waals surface area contributed by atoms with Crippen molar-refractivity contribution in [2.45, 2.75) is 16.4 Å². The van der Waals surface area contributed by atoms with Crippen LogP contribution in [0.4, 0.5) is 0 Å². The van der Waals surface area contributed by atoms with E-state index in [4.69, 9.17) is 9.47 Å². The maximum absolute atomic E-state index is 14.3. The summed E-state index contributed by atoms with van der Waals surface area (Å²) in [7, 11) is 2.86. The quantitative estimate of drug-likeness (QED) is 0.272. The van der Waals surface area contributed by atoms with Crippen LogP contribution in [0.2, 0.25) is 0 Å². The minimum absolute atomic E-state index is 0.106. The van der Waals surface area contributed by atoms with Gasteiger partial charge < -0.3 is 9.47 Å². The molecule has 0 aliphatic carbocycles. The van der Waals surface area contributed by atoms with E-state index in [9.17, 15) is 14.9 Å². The summed E-state index contributed by atoms with van der Waals surface area (Å²) in [5.74, 6) is -1.22. The number of fused-ring (bicyclic) bond motifs is 3. The van der Waals surface area contributed by atoms with E-state index in [0.717, 1.165) is 10.5 Å².